The number of carbonyl (C=O) groups is 2. The Labute approximate surface area is 223 Å². The monoisotopic (exact) mass is 615 g/mol. The van der Waals surface area contributed by atoms with E-state index in [1.54, 1.807) is 66.7 Å². The number of hydrogen-bond donors (Lipinski definition) is 2. The summed E-state index contributed by atoms with van der Waals surface area (Å²) >= 11 is 19.3. The van der Waals surface area contributed by atoms with Crippen molar-refractivity contribution in [2.24, 2.45) is 0 Å². The molecule has 0 atom stereocenters. The molecular weight excluding hydrogens is 603 g/mol. The summed E-state index contributed by atoms with van der Waals surface area (Å²) in [6.45, 7) is 0. The van der Waals surface area contributed by atoms with Crippen LogP contribution in [0, 0.1) is 6.07 Å². The van der Waals surface area contributed by atoms with E-state index in [0.29, 0.717) is 42.6 Å². The van der Waals surface area contributed by atoms with Gasteiger partial charge < -0.3 is 10.6 Å². The van der Waals surface area contributed by atoms with Crippen LogP contribution in [0.25, 0.3) is 11.1 Å². The van der Waals surface area contributed by atoms with E-state index in [9.17, 15) is 9.59 Å². The Morgan fingerprint density at radius 3 is 2.03 bits per heavy atom. The highest BCUT2D eigenvalue weighted by Gasteiger charge is 2.21. The molecule has 0 fully saturated rings. The molecule has 0 unspecified atom stereocenters. The lowest BCUT2D eigenvalue weighted by Gasteiger charge is -2.15. The molecule has 0 aliphatic rings. The highest BCUT2D eigenvalue weighted by atomic mass is 79.9. The van der Waals surface area contributed by atoms with Gasteiger partial charge in [-0.25, -0.2) is 0 Å². The van der Waals surface area contributed by atoms with Crippen molar-refractivity contribution in [2.45, 2.75) is 0 Å². The van der Waals surface area contributed by atoms with Crippen molar-refractivity contribution in [3.8, 4) is 11.1 Å². The van der Waals surface area contributed by atoms with Crippen molar-refractivity contribution in [1.29, 1.82) is 0 Å². The number of amides is 2. The van der Waals surface area contributed by atoms with E-state index in [1.165, 1.54) is 0 Å². The molecule has 169 valence electrons. The van der Waals surface area contributed by atoms with Crippen molar-refractivity contribution < 1.29 is 9.59 Å². The van der Waals surface area contributed by atoms with Crippen molar-refractivity contribution in [2.75, 3.05) is 10.6 Å². The van der Waals surface area contributed by atoms with E-state index in [4.69, 9.17) is 23.2 Å². The summed E-state index contributed by atoms with van der Waals surface area (Å²) in [5.41, 5.74) is 3.00. The summed E-state index contributed by atoms with van der Waals surface area (Å²) in [6, 6.07) is 25.6. The number of nitrogens with one attached hydrogen (secondary N) is 2. The summed E-state index contributed by atoms with van der Waals surface area (Å²) in [5, 5.41) is 6.56. The zero-order chi connectivity index (χ0) is 24.2. The van der Waals surface area contributed by atoms with Gasteiger partial charge in [0.15, 0.2) is 0 Å². The van der Waals surface area contributed by atoms with Crippen LogP contribution in [0.2, 0.25) is 10.0 Å². The molecule has 8 heteroatoms. The van der Waals surface area contributed by atoms with Gasteiger partial charge in [0.1, 0.15) is 0 Å². The predicted molar refractivity (Wildman–Crippen MR) is 145 cm³/mol. The molecule has 0 saturated heterocycles. The molecule has 0 aliphatic heterocycles. The molecule has 4 nitrogen and oxygen atoms in total. The molecule has 4 aromatic carbocycles. The van der Waals surface area contributed by atoms with E-state index < -0.39 is 0 Å². The highest BCUT2D eigenvalue weighted by Crippen LogP contribution is 2.36. The van der Waals surface area contributed by atoms with Crippen LogP contribution in [0.5, 0.6) is 0 Å². The van der Waals surface area contributed by atoms with Gasteiger partial charge in [-0.3, -0.25) is 9.59 Å². The van der Waals surface area contributed by atoms with Gasteiger partial charge >= 0.3 is 0 Å². The zero-order valence-electron chi connectivity index (χ0n) is 17.3. The molecule has 0 heterocycles. The fourth-order valence-corrected chi connectivity index (χ4v) is 4.58. The van der Waals surface area contributed by atoms with Crippen LogP contribution in [0.4, 0.5) is 11.4 Å². The molecule has 1 radical (unpaired) electrons. The van der Waals surface area contributed by atoms with E-state index in [2.05, 4.69) is 48.6 Å². The molecule has 0 spiro atoms. The molecule has 2 amide bonds. The quantitative estimate of drug-likeness (QED) is 0.236. The first-order valence-electron chi connectivity index (χ1n) is 9.96. The average molecular weight is 618 g/mol. The molecular formula is C26H15Br2Cl2N2O2. The van der Waals surface area contributed by atoms with Crippen molar-refractivity contribution in [3.05, 3.63) is 115 Å². The third-order valence-electron chi connectivity index (χ3n) is 4.90. The summed E-state index contributed by atoms with van der Waals surface area (Å²) in [4.78, 5) is 26.1. The van der Waals surface area contributed by atoms with Crippen molar-refractivity contribution >= 4 is 78.3 Å². The van der Waals surface area contributed by atoms with Gasteiger partial charge in [-0.1, -0.05) is 63.4 Å². The molecule has 4 rings (SSSR count). The van der Waals surface area contributed by atoms with Gasteiger partial charge in [0, 0.05) is 25.3 Å². The Morgan fingerprint density at radius 1 is 0.735 bits per heavy atom. The van der Waals surface area contributed by atoms with Gasteiger partial charge in [0.2, 0.25) is 0 Å². The number of halogens is 4. The SMILES string of the molecule is O=C(Nc1ccc(Cl)cc1)c1[c]ccc(-c2cccc(Cl)c2C(=O)Nc2ccc(Br)cc2)c1Br. The van der Waals surface area contributed by atoms with Crippen LogP contribution in [0.1, 0.15) is 20.7 Å². The second kappa shape index (κ2) is 10.7. The molecule has 0 aliphatic carbocycles. The van der Waals surface area contributed by atoms with Crippen molar-refractivity contribution in [1.82, 2.24) is 0 Å². The van der Waals surface area contributed by atoms with E-state index >= 15 is 0 Å². The maximum atomic E-state index is 13.2. The molecule has 0 bridgehead atoms. The molecule has 34 heavy (non-hydrogen) atoms. The normalized spacial score (nSPS) is 10.6. The maximum Gasteiger partial charge on any atom is 0.257 e. The lowest BCUT2D eigenvalue weighted by atomic mass is 9.97. The Hall–Kier alpha value is -2.64. The fourth-order valence-electron chi connectivity index (χ4n) is 3.29. The zero-order valence-corrected chi connectivity index (χ0v) is 22.0. The van der Waals surface area contributed by atoms with Gasteiger partial charge in [-0.05, 0) is 87.7 Å². The first-order valence-corrected chi connectivity index (χ1v) is 12.3. The average Bonchev–Trinajstić information content (AvgIpc) is 2.82. The standard InChI is InChI=1S/C26H15Br2Cl2N2O2/c27-15-7-11-17(12-8-15)32-26(34)23-19(3-2-6-22(23)30)20-4-1-5-21(24(20)28)25(33)31-18-13-9-16(29)10-14-18/h1-4,6-14H,(H,31,33)(H,32,34). The third-order valence-corrected chi connectivity index (χ3v) is 6.81. The van der Waals surface area contributed by atoms with Gasteiger partial charge in [-0.15, -0.1) is 0 Å². The Balaban J connectivity index is 1.69. The second-order valence-corrected chi connectivity index (χ2v) is 9.72. The third kappa shape index (κ3) is 5.53. The highest BCUT2D eigenvalue weighted by molar-refractivity contribution is 9.11. The number of anilines is 2. The number of hydrogen-bond acceptors (Lipinski definition) is 2. The topological polar surface area (TPSA) is 58.2 Å². The van der Waals surface area contributed by atoms with Crippen LogP contribution in [-0.4, -0.2) is 11.8 Å². The Morgan fingerprint density at radius 2 is 1.35 bits per heavy atom. The summed E-state index contributed by atoms with van der Waals surface area (Å²) in [6.07, 6.45) is 0. The predicted octanol–water partition coefficient (Wildman–Crippen LogP) is 8.49. The van der Waals surface area contributed by atoms with E-state index in [-0.39, 0.29) is 17.4 Å². The second-order valence-electron chi connectivity index (χ2n) is 7.16. The van der Waals surface area contributed by atoms with Crippen LogP contribution in [0.15, 0.2) is 87.8 Å². The van der Waals surface area contributed by atoms with Crippen LogP contribution in [0.3, 0.4) is 0 Å². The van der Waals surface area contributed by atoms with E-state index in [1.807, 2.05) is 12.1 Å². The minimum Gasteiger partial charge on any atom is -0.322 e. The molecule has 0 saturated carbocycles. The molecule has 4 aromatic rings. The maximum absolute atomic E-state index is 13.2. The van der Waals surface area contributed by atoms with Gasteiger partial charge in [0.25, 0.3) is 11.8 Å². The summed E-state index contributed by atoms with van der Waals surface area (Å²) in [5.74, 6) is -0.728. The number of carbonyl (C=O) groups excluding carboxylic acids is 2. The summed E-state index contributed by atoms with van der Waals surface area (Å²) in [7, 11) is 0. The van der Waals surface area contributed by atoms with Crippen LogP contribution >= 0.6 is 55.1 Å². The first kappa shape index (κ1) is 24.5. The minimum atomic E-state index is -0.366. The Kier molecular flexibility index (Phi) is 7.73. The molecule has 0 aromatic heterocycles. The smallest absolute Gasteiger partial charge is 0.257 e. The number of benzene rings is 4. The van der Waals surface area contributed by atoms with Gasteiger partial charge in [-0.2, -0.15) is 0 Å². The van der Waals surface area contributed by atoms with Gasteiger partial charge in [0.05, 0.1) is 16.1 Å². The minimum absolute atomic E-state index is 0.284. The fraction of sp³-hybridized carbons (Fsp3) is 0. The van der Waals surface area contributed by atoms with Crippen molar-refractivity contribution in [3.63, 3.8) is 0 Å². The first-order chi connectivity index (χ1) is 16.3. The van der Waals surface area contributed by atoms with Crippen LogP contribution < -0.4 is 10.6 Å². The lowest BCUT2D eigenvalue weighted by molar-refractivity contribution is 0.101. The lowest BCUT2D eigenvalue weighted by Crippen LogP contribution is -2.15. The number of rotatable bonds is 5. The molecule has 2 N–H and O–H groups in total. The largest absolute Gasteiger partial charge is 0.322 e. The van der Waals surface area contributed by atoms with E-state index in [0.717, 1.165) is 4.47 Å². The summed E-state index contributed by atoms with van der Waals surface area (Å²) < 4.78 is 1.39. The van der Waals surface area contributed by atoms with Crippen LogP contribution in [-0.2, 0) is 0 Å². The Bertz CT molecular complexity index is 1370.